The second kappa shape index (κ2) is 4.06. The molecule has 0 saturated heterocycles. The molecule has 0 spiro atoms. The molecule has 18 heavy (non-hydrogen) atoms. The zero-order chi connectivity index (χ0) is 13.4. The van der Waals surface area contributed by atoms with Crippen LogP contribution in [0.4, 0.5) is 5.82 Å². The van der Waals surface area contributed by atoms with Crippen molar-refractivity contribution in [3.63, 3.8) is 0 Å². The third kappa shape index (κ3) is 1.67. The quantitative estimate of drug-likeness (QED) is 0.738. The zero-order valence-electron chi connectivity index (χ0n) is 10.0. The first kappa shape index (κ1) is 12.0. The number of nitrogens with one attached hydrogen (secondary N) is 1. The summed E-state index contributed by atoms with van der Waals surface area (Å²) in [6, 6.07) is 5.46. The number of aromatic amines is 1. The average molecular weight is 247 g/mol. The first-order chi connectivity index (χ1) is 8.43. The SMILES string of the molecule is Cc1cccc(C)c1-n1c(C(=O)O)c(N)[nH]c1=O. The Morgan fingerprint density at radius 1 is 1.33 bits per heavy atom. The molecule has 94 valence electrons. The van der Waals surface area contributed by atoms with E-state index in [2.05, 4.69) is 4.98 Å². The number of para-hydroxylation sites is 1. The van der Waals surface area contributed by atoms with Crippen molar-refractivity contribution in [3.05, 3.63) is 45.5 Å². The number of nitrogen functional groups attached to an aromatic ring is 1. The molecule has 0 radical (unpaired) electrons. The number of nitrogens with two attached hydrogens (primary N) is 1. The Morgan fingerprint density at radius 3 is 2.39 bits per heavy atom. The molecule has 1 aromatic carbocycles. The van der Waals surface area contributed by atoms with Gasteiger partial charge in [-0.05, 0) is 25.0 Å². The van der Waals surface area contributed by atoms with E-state index in [0.29, 0.717) is 5.69 Å². The van der Waals surface area contributed by atoms with Gasteiger partial charge in [-0.3, -0.25) is 9.55 Å². The molecule has 2 rings (SSSR count). The number of aryl methyl sites for hydroxylation is 2. The number of anilines is 1. The maximum Gasteiger partial charge on any atom is 0.356 e. The van der Waals surface area contributed by atoms with Crippen LogP contribution in [-0.4, -0.2) is 20.6 Å². The summed E-state index contributed by atoms with van der Waals surface area (Å²) >= 11 is 0. The number of hydrogen-bond acceptors (Lipinski definition) is 3. The van der Waals surface area contributed by atoms with Crippen molar-refractivity contribution in [1.29, 1.82) is 0 Å². The summed E-state index contributed by atoms with van der Waals surface area (Å²) in [6.45, 7) is 3.62. The Balaban J connectivity index is 2.88. The number of aromatic nitrogens is 2. The molecule has 0 amide bonds. The van der Waals surface area contributed by atoms with E-state index < -0.39 is 11.7 Å². The van der Waals surface area contributed by atoms with Crippen LogP contribution >= 0.6 is 0 Å². The molecule has 0 aliphatic heterocycles. The van der Waals surface area contributed by atoms with Gasteiger partial charge in [0.25, 0.3) is 0 Å². The predicted octanol–water partition coefficient (Wildman–Crippen LogP) is 1.06. The highest BCUT2D eigenvalue weighted by Gasteiger charge is 2.21. The fraction of sp³-hybridized carbons (Fsp3) is 0.167. The lowest BCUT2D eigenvalue weighted by Gasteiger charge is -2.11. The van der Waals surface area contributed by atoms with Crippen molar-refractivity contribution >= 4 is 11.8 Å². The van der Waals surface area contributed by atoms with E-state index in [1.165, 1.54) is 0 Å². The number of nitrogens with zero attached hydrogens (tertiary/aromatic N) is 1. The van der Waals surface area contributed by atoms with E-state index >= 15 is 0 Å². The molecule has 1 heterocycles. The van der Waals surface area contributed by atoms with Crippen molar-refractivity contribution in [2.75, 3.05) is 5.73 Å². The molecule has 1 aromatic heterocycles. The van der Waals surface area contributed by atoms with E-state index in [1.807, 2.05) is 32.0 Å². The lowest BCUT2D eigenvalue weighted by Crippen LogP contribution is -2.21. The van der Waals surface area contributed by atoms with Gasteiger partial charge in [0.15, 0.2) is 5.69 Å². The molecule has 0 atom stereocenters. The van der Waals surface area contributed by atoms with Crippen LogP contribution in [0.5, 0.6) is 0 Å². The van der Waals surface area contributed by atoms with Crippen LogP contribution in [0.15, 0.2) is 23.0 Å². The van der Waals surface area contributed by atoms with Gasteiger partial charge in [-0.15, -0.1) is 0 Å². The number of carboxylic acid groups (broad SMARTS) is 1. The number of carbonyl (C=O) groups is 1. The second-order valence-electron chi connectivity index (χ2n) is 4.07. The molecule has 0 saturated carbocycles. The smallest absolute Gasteiger partial charge is 0.356 e. The fourth-order valence-corrected chi connectivity index (χ4v) is 2.03. The van der Waals surface area contributed by atoms with Gasteiger partial charge < -0.3 is 10.8 Å². The normalized spacial score (nSPS) is 10.6. The summed E-state index contributed by atoms with van der Waals surface area (Å²) in [5, 5.41) is 9.14. The van der Waals surface area contributed by atoms with Gasteiger partial charge in [-0.2, -0.15) is 0 Å². The van der Waals surface area contributed by atoms with Crippen LogP contribution < -0.4 is 11.4 Å². The monoisotopic (exact) mass is 247 g/mol. The zero-order valence-corrected chi connectivity index (χ0v) is 10.0. The van der Waals surface area contributed by atoms with Crippen LogP contribution in [0.1, 0.15) is 21.6 Å². The highest BCUT2D eigenvalue weighted by atomic mass is 16.4. The molecule has 0 bridgehead atoms. The first-order valence-electron chi connectivity index (χ1n) is 5.34. The van der Waals surface area contributed by atoms with Crippen LogP contribution in [0.3, 0.4) is 0 Å². The van der Waals surface area contributed by atoms with E-state index in [1.54, 1.807) is 0 Å². The van der Waals surface area contributed by atoms with Gasteiger partial charge in [0, 0.05) is 0 Å². The van der Waals surface area contributed by atoms with E-state index in [9.17, 15) is 9.59 Å². The molecule has 4 N–H and O–H groups in total. The van der Waals surface area contributed by atoms with E-state index in [0.717, 1.165) is 15.7 Å². The molecule has 0 aliphatic rings. The van der Waals surface area contributed by atoms with Crippen molar-refractivity contribution in [1.82, 2.24) is 9.55 Å². The number of aromatic carboxylic acids is 1. The standard InChI is InChI=1S/C12H13N3O3/c1-6-4-3-5-7(2)8(6)15-9(11(16)17)10(13)14-12(15)18/h3-5H,13H2,1-2H3,(H,14,18)(H,16,17). The molecule has 0 fully saturated rings. The Bertz CT molecular complexity index is 662. The van der Waals surface area contributed by atoms with Crippen LogP contribution in [0, 0.1) is 13.8 Å². The maximum absolute atomic E-state index is 11.8. The number of imidazole rings is 1. The summed E-state index contributed by atoms with van der Waals surface area (Å²) in [4.78, 5) is 25.3. The predicted molar refractivity (Wildman–Crippen MR) is 67.2 cm³/mol. The van der Waals surface area contributed by atoms with Crippen molar-refractivity contribution in [3.8, 4) is 5.69 Å². The van der Waals surface area contributed by atoms with Gasteiger partial charge in [-0.1, -0.05) is 18.2 Å². The third-order valence-corrected chi connectivity index (χ3v) is 2.79. The van der Waals surface area contributed by atoms with Gasteiger partial charge in [-0.25, -0.2) is 9.59 Å². The van der Waals surface area contributed by atoms with E-state index in [-0.39, 0.29) is 11.5 Å². The maximum atomic E-state index is 11.8. The Kier molecular flexibility index (Phi) is 2.70. The van der Waals surface area contributed by atoms with Gasteiger partial charge in [0.1, 0.15) is 5.82 Å². The van der Waals surface area contributed by atoms with Gasteiger partial charge >= 0.3 is 11.7 Å². The van der Waals surface area contributed by atoms with Crippen molar-refractivity contribution in [2.45, 2.75) is 13.8 Å². The van der Waals surface area contributed by atoms with E-state index in [4.69, 9.17) is 10.8 Å². The summed E-state index contributed by atoms with van der Waals surface area (Å²) in [5.74, 6) is -1.39. The fourth-order valence-electron chi connectivity index (χ4n) is 2.03. The minimum atomic E-state index is -1.24. The Hall–Kier alpha value is -2.50. The largest absolute Gasteiger partial charge is 0.476 e. The van der Waals surface area contributed by atoms with Crippen molar-refractivity contribution in [2.24, 2.45) is 0 Å². The minimum absolute atomic E-state index is 0.143. The third-order valence-electron chi connectivity index (χ3n) is 2.79. The molecule has 6 nitrogen and oxygen atoms in total. The van der Waals surface area contributed by atoms with Gasteiger partial charge in [0.2, 0.25) is 0 Å². The number of carboxylic acids is 1. The van der Waals surface area contributed by atoms with Crippen LogP contribution in [0.2, 0.25) is 0 Å². The lowest BCUT2D eigenvalue weighted by molar-refractivity contribution is 0.0689. The van der Waals surface area contributed by atoms with Crippen LogP contribution in [0.25, 0.3) is 5.69 Å². The number of H-pyrrole nitrogens is 1. The van der Waals surface area contributed by atoms with Gasteiger partial charge in [0.05, 0.1) is 5.69 Å². The van der Waals surface area contributed by atoms with Crippen molar-refractivity contribution < 1.29 is 9.90 Å². The first-order valence-corrected chi connectivity index (χ1v) is 5.34. The number of benzene rings is 1. The van der Waals surface area contributed by atoms with Crippen LogP contribution in [-0.2, 0) is 0 Å². The summed E-state index contributed by atoms with van der Waals surface area (Å²) in [6.07, 6.45) is 0. The Morgan fingerprint density at radius 2 is 1.89 bits per heavy atom. The highest BCUT2D eigenvalue weighted by Crippen LogP contribution is 2.20. The second-order valence-corrected chi connectivity index (χ2v) is 4.07. The minimum Gasteiger partial charge on any atom is -0.476 e. The number of hydrogen-bond donors (Lipinski definition) is 3. The topological polar surface area (TPSA) is 101 Å². The molecule has 0 aliphatic carbocycles. The molecule has 2 aromatic rings. The Labute approximate surface area is 103 Å². The number of rotatable bonds is 2. The summed E-state index contributed by atoms with van der Waals surface area (Å²) in [5.41, 5.74) is 6.89. The molecular formula is C12H13N3O3. The lowest BCUT2D eigenvalue weighted by atomic mass is 10.1. The highest BCUT2D eigenvalue weighted by molar-refractivity contribution is 5.91. The summed E-state index contributed by atoms with van der Waals surface area (Å²) in [7, 11) is 0. The average Bonchev–Trinajstić information content (AvgIpc) is 2.54. The molecule has 6 heteroatoms. The summed E-state index contributed by atoms with van der Waals surface area (Å²) < 4.78 is 1.10. The molecule has 0 unspecified atom stereocenters. The molecular weight excluding hydrogens is 234 g/mol.